The van der Waals surface area contributed by atoms with Crippen LogP contribution in [0.15, 0.2) is 18.2 Å². The largest absolute Gasteiger partial charge is 0.497 e. The lowest BCUT2D eigenvalue weighted by Gasteiger charge is -2.49. The number of methoxy groups -OCH3 is 2. The van der Waals surface area contributed by atoms with Gasteiger partial charge in [0.1, 0.15) is 11.5 Å². The maximum atomic E-state index is 12.4. The number of hydrogen-bond acceptors (Lipinski definition) is 5. The van der Waals surface area contributed by atoms with Gasteiger partial charge in [0.2, 0.25) is 5.91 Å². The summed E-state index contributed by atoms with van der Waals surface area (Å²) in [6.07, 6.45) is 2.64. The first kappa shape index (κ1) is 20.0. The number of carbonyl (C=O) groups is 1. The molecule has 0 aliphatic carbocycles. The summed E-state index contributed by atoms with van der Waals surface area (Å²) in [5.41, 5.74) is 1.28. The Balaban J connectivity index is 1.74. The van der Waals surface area contributed by atoms with Crippen LogP contribution in [-0.4, -0.2) is 80.1 Å². The molecule has 2 aliphatic heterocycles. The van der Waals surface area contributed by atoms with Crippen LogP contribution in [0, 0.1) is 0 Å². The van der Waals surface area contributed by atoms with Gasteiger partial charge in [-0.2, -0.15) is 0 Å². The van der Waals surface area contributed by atoms with Gasteiger partial charge in [0, 0.05) is 57.3 Å². The number of carbonyl (C=O) groups excluding carboxylic acids is 1. The van der Waals surface area contributed by atoms with Crippen molar-refractivity contribution in [1.82, 2.24) is 14.7 Å². The molecule has 0 radical (unpaired) electrons. The molecule has 6 nitrogen and oxygen atoms in total. The fraction of sp³-hybridized carbons (Fsp3) is 0.667. The molecule has 1 aromatic carbocycles. The molecule has 1 atom stereocenters. The minimum Gasteiger partial charge on any atom is -0.497 e. The van der Waals surface area contributed by atoms with Crippen molar-refractivity contribution in [1.29, 1.82) is 0 Å². The molecular weight excluding hydrogens is 342 g/mol. The van der Waals surface area contributed by atoms with E-state index in [1.807, 2.05) is 11.0 Å². The zero-order chi connectivity index (χ0) is 19.4. The van der Waals surface area contributed by atoms with Gasteiger partial charge in [0.25, 0.3) is 0 Å². The van der Waals surface area contributed by atoms with Gasteiger partial charge < -0.3 is 14.4 Å². The zero-order valence-corrected chi connectivity index (χ0v) is 17.2. The maximum Gasteiger partial charge on any atom is 0.222 e. The first-order valence-corrected chi connectivity index (χ1v) is 9.93. The molecule has 2 aliphatic rings. The number of amides is 1. The molecule has 3 rings (SSSR count). The van der Waals surface area contributed by atoms with Crippen LogP contribution in [0.2, 0.25) is 0 Å². The predicted octanol–water partition coefficient (Wildman–Crippen LogP) is 2.22. The van der Waals surface area contributed by atoms with Crippen molar-refractivity contribution in [2.75, 3.05) is 54.0 Å². The SMILES string of the molecule is CCN1CC[C@]2(CCC1=O)CN(Cc1cc(OC)cc(OC)c1)CCN2C. The second-order valence-electron chi connectivity index (χ2n) is 7.80. The third-order valence-corrected chi connectivity index (χ3v) is 6.28. The van der Waals surface area contributed by atoms with E-state index in [1.54, 1.807) is 14.2 Å². The quantitative estimate of drug-likeness (QED) is 0.790. The Morgan fingerprint density at radius 2 is 1.74 bits per heavy atom. The molecule has 2 saturated heterocycles. The Hall–Kier alpha value is -1.79. The van der Waals surface area contributed by atoms with E-state index in [0.717, 1.165) is 63.6 Å². The van der Waals surface area contributed by atoms with Gasteiger partial charge in [0.15, 0.2) is 0 Å². The maximum absolute atomic E-state index is 12.4. The highest BCUT2D eigenvalue weighted by atomic mass is 16.5. The van der Waals surface area contributed by atoms with E-state index in [9.17, 15) is 4.79 Å². The van der Waals surface area contributed by atoms with Gasteiger partial charge >= 0.3 is 0 Å². The zero-order valence-electron chi connectivity index (χ0n) is 17.2. The van der Waals surface area contributed by atoms with Crippen LogP contribution >= 0.6 is 0 Å². The minimum absolute atomic E-state index is 0.0841. The second-order valence-corrected chi connectivity index (χ2v) is 7.80. The summed E-state index contributed by atoms with van der Waals surface area (Å²) < 4.78 is 10.8. The van der Waals surface area contributed by atoms with Gasteiger partial charge in [-0.1, -0.05) is 0 Å². The summed E-state index contributed by atoms with van der Waals surface area (Å²) in [6.45, 7) is 7.67. The fourth-order valence-electron chi connectivity index (χ4n) is 4.46. The van der Waals surface area contributed by atoms with Crippen LogP contribution in [0.5, 0.6) is 11.5 Å². The van der Waals surface area contributed by atoms with E-state index >= 15 is 0 Å². The van der Waals surface area contributed by atoms with Crippen molar-refractivity contribution >= 4 is 5.91 Å². The first-order valence-electron chi connectivity index (χ1n) is 9.93. The molecule has 27 heavy (non-hydrogen) atoms. The molecule has 0 aromatic heterocycles. The number of benzene rings is 1. The van der Waals surface area contributed by atoms with E-state index in [0.29, 0.717) is 12.3 Å². The average molecular weight is 376 g/mol. The number of likely N-dealkylation sites (tertiary alicyclic amines) is 1. The monoisotopic (exact) mass is 375 g/mol. The molecule has 0 unspecified atom stereocenters. The van der Waals surface area contributed by atoms with Crippen LogP contribution in [-0.2, 0) is 11.3 Å². The van der Waals surface area contributed by atoms with Crippen molar-refractivity contribution in [3.05, 3.63) is 23.8 Å². The fourth-order valence-corrected chi connectivity index (χ4v) is 4.46. The number of likely N-dealkylation sites (N-methyl/N-ethyl adjacent to an activating group) is 1. The summed E-state index contributed by atoms with van der Waals surface area (Å²) in [4.78, 5) is 19.4. The van der Waals surface area contributed by atoms with Crippen LogP contribution < -0.4 is 9.47 Å². The topological polar surface area (TPSA) is 45.3 Å². The average Bonchev–Trinajstić information content (AvgIpc) is 2.84. The highest BCUT2D eigenvalue weighted by Crippen LogP contribution is 2.33. The molecule has 6 heteroatoms. The number of rotatable bonds is 5. The molecule has 0 N–H and O–H groups in total. The molecule has 0 bridgehead atoms. The molecule has 0 saturated carbocycles. The van der Waals surface area contributed by atoms with Gasteiger partial charge in [0.05, 0.1) is 14.2 Å². The summed E-state index contributed by atoms with van der Waals surface area (Å²) in [5, 5.41) is 0. The van der Waals surface area contributed by atoms with Crippen molar-refractivity contribution in [2.45, 2.75) is 38.3 Å². The standard InChI is InChI=1S/C21H33N3O3/c1-5-24-9-8-21(7-6-20(24)25)16-23(11-10-22(21)2)15-17-12-18(26-3)14-19(13-17)27-4/h12-14H,5-11,15-16H2,1-4H3/t21-/m1/s1. The van der Waals surface area contributed by atoms with E-state index in [1.165, 1.54) is 5.56 Å². The van der Waals surface area contributed by atoms with Crippen molar-refractivity contribution < 1.29 is 14.3 Å². The molecular formula is C21H33N3O3. The Labute approximate surface area is 163 Å². The summed E-state index contributed by atoms with van der Waals surface area (Å²) >= 11 is 0. The van der Waals surface area contributed by atoms with Crippen LogP contribution in [0.1, 0.15) is 31.7 Å². The van der Waals surface area contributed by atoms with Crippen molar-refractivity contribution in [2.24, 2.45) is 0 Å². The molecule has 1 aromatic rings. The Bertz CT molecular complexity index is 644. The Morgan fingerprint density at radius 1 is 1.04 bits per heavy atom. The highest BCUT2D eigenvalue weighted by Gasteiger charge is 2.41. The second kappa shape index (κ2) is 8.48. The first-order chi connectivity index (χ1) is 13.0. The lowest BCUT2D eigenvalue weighted by atomic mass is 9.86. The Morgan fingerprint density at radius 3 is 2.37 bits per heavy atom. The normalized spacial score (nSPS) is 24.9. The van der Waals surface area contributed by atoms with Crippen molar-refractivity contribution in [3.8, 4) is 11.5 Å². The van der Waals surface area contributed by atoms with E-state index < -0.39 is 0 Å². The van der Waals surface area contributed by atoms with E-state index in [-0.39, 0.29) is 5.54 Å². The van der Waals surface area contributed by atoms with Gasteiger partial charge in [-0.05, 0) is 44.5 Å². The van der Waals surface area contributed by atoms with Gasteiger partial charge in [-0.3, -0.25) is 14.6 Å². The van der Waals surface area contributed by atoms with Gasteiger partial charge in [-0.25, -0.2) is 0 Å². The van der Waals surface area contributed by atoms with Gasteiger partial charge in [-0.15, -0.1) is 0 Å². The van der Waals surface area contributed by atoms with Crippen LogP contribution in [0.25, 0.3) is 0 Å². The van der Waals surface area contributed by atoms with Crippen molar-refractivity contribution in [3.63, 3.8) is 0 Å². The van der Waals surface area contributed by atoms with Crippen LogP contribution in [0.4, 0.5) is 0 Å². The number of hydrogen-bond donors (Lipinski definition) is 0. The predicted molar refractivity (Wildman–Crippen MR) is 106 cm³/mol. The third kappa shape index (κ3) is 4.38. The highest BCUT2D eigenvalue weighted by molar-refractivity contribution is 5.76. The molecule has 150 valence electrons. The summed E-state index contributed by atoms with van der Waals surface area (Å²) in [7, 11) is 5.59. The van der Waals surface area contributed by atoms with Crippen LogP contribution in [0.3, 0.4) is 0 Å². The molecule has 1 amide bonds. The molecule has 2 fully saturated rings. The lowest BCUT2D eigenvalue weighted by Crippen LogP contribution is -2.60. The minimum atomic E-state index is 0.0841. The molecule has 2 heterocycles. The number of nitrogens with zero attached hydrogens (tertiary/aromatic N) is 3. The van der Waals surface area contributed by atoms with E-state index in [2.05, 4.69) is 35.9 Å². The third-order valence-electron chi connectivity index (χ3n) is 6.28. The number of ether oxygens (including phenoxy) is 2. The number of piperazine rings is 1. The molecule has 1 spiro atoms. The Kier molecular flexibility index (Phi) is 6.27. The van der Waals surface area contributed by atoms with E-state index in [4.69, 9.17) is 9.47 Å². The lowest BCUT2D eigenvalue weighted by molar-refractivity contribution is -0.130. The summed E-state index contributed by atoms with van der Waals surface area (Å²) in [5.74, 6) is 1.95. The summed E-state index contributed by atoms with van der Waals surface area (Å²) in [6, 6.07) is 6.08. The smallest absolute Gasteiger partial charge is 0.222 e.